The molecule has 0 unspecified atom stereocenters. The van der Waals surface area contributed by atoms with Crippen molar-refractivity contribution < 1.29 is 9.59 Å². The number of rotatable bonds is 6. The maximum Gasteiger partial charge on any atom is 0.242 e. The zero-order chi connectivity index (χ0) is 17.5. The number of amides is 2. The largest absolute Gasteiger partial charge is 0.354 e. The first kappa shape index (κ1) is 18.0. The molecule has 24 heavy (non-hydrogen) atoms. The van der Waals surface area contributed by atoms with Crippen LogP contribution in [0.2, 0.25) is 0 Å². The molecule has 1 fully saturated rings. The second-order valence-corrected chi connectivity index (χ2v) is 6.19. The van der Waals surface area contributed by atoms with Crippen LogP contribution in [0.1, 0.15) is 49.1 Å². The van der Waals surface area contributed by atoms with Gasteiger partial charge in [0.25, 0.3) is 0 Å². The van der Waals surface area contributed by atoms with Crippen LogP contribution < -0.4 is 10.6 Å². The number of nitrogens with one attached hydrogen (secondary N) is 2. The lowest BCUT2D eigenvalue weighted by Crippen LogP contribution is -2.45. The van der Waals surface area contributed by atoms with E-state index < -0.39 is 6.04 Å². The van der Waals surface area contributed by atoms with Gasteiger partial charge in [-0.15, -0.1) is 0 Å². The summed E-state index contributed by atoms with van der Waals surface area (Å²) in [4.78, 5) is 24.1. The summed E-state index contributed by atoms with van der Waals surface area (Å²) in [5.41, 5.74) is 2.95. The maximum atomic E-state index is 12.2. The van der Waals surface area contributed by atoms with Crippen molar-refractivity contribution in [1.82, 2.24) is 20.4 Å². The van der Waals surface area contributed by atoms with Crippen LogP contribution in [0.15, 0.2) is 0 Å². The number of aryl methyl sites for hydroxylation is 2. The highest BCUT2D eigenvalue weighted by molar-refractivity contribution is 5.87. The summed E-state index contributed by atoms with van der Waals surface area (Å²) >= 11 is 0. The number of carbonyl (C=O) groups is 2. The molecule has 2 rings (SSSR count). The van der Waals surface area contributed by atoms with Gasteiger partial charge in [0.2, 0.25) is 11.8 Å². The molecule has 1 aliphatic rings. The molecular weight excluding hydrogens is 306 g/mol. The first-order valence-electron chi connectivity index (χ1n) is 8.50. The normalized spacial score (nSPS) is 17.7. The number of carbonyl (C=O) groups excluding carboxylic acids is 2. The topological polar surface area (TPSA) is 99.8 Å². The lowest BCUT2D eigenvalue weighted by atomic mass is 10.1. The summed E-state index contributed by atoms with van der Waals surface area (Å²) in [6.07, 6.45) is 3.92. The van der Waals surface area contributed by atoms with E-state index in [0.717, 1.165) is 29.8 Å². The lowest BCUT2D eigenvalue weighted by Gasteiger charge is -2.15. The highest BCUT2D eigenvalue weighted by Gasteiger charge is 2.22. The van der Waals surface area contributed by atoms with E-state index in [-0.39, 0.29) is 11.8 Å². The van der Waals surface area contributed by atoms with Gasteiger partial charge in [0, 0.05) is 18.7 Å². The fraction of sp³-hybridized carbons (Fsp3) is 0.647. The van der Waals surface area contributed by atoms with E-state index in [1.807, 2.05) is 18.5 Å². The van der Waals surface area contributed by atoms with Gasteiger partial charge in [0.15, 0.2) is 0 Å². The first-order chi connectivity index (χ1) is 11.5. The van der Waals surface area contributed by atoms with Crippen molar-refractivity contribution in [2.75, 3.05) is 6.54 Å². The molecule has 1 aromatic heterocycles. The van der Waals surface area contributed by atoms with Crippen molar-refractivity contribution in [3.8, 4) is 6.07 Å². The summed E-state index contributed by atoms with van der Waals surface area (Å²) in [5.74, 6) is -0.196. The average Bonchev–Trinajstić information content (AvgIpc) is 2.69. The Hall–Kier alpha value is -2.36. The predicted octanol–water partition coefficient (Wildman–Crippen LogP) is 1.13. The van der Waals surface area contributed by atoms with Crippen molar-refractivity contribution in [3.05, 3.63) is 17.0 Å². The summed E-state index contributed by atoms with van der Waals surface area (Å²) in [5, 5.41) is 18.8. The number of hydrogen-bond donors (Lipinski definition) is 2. The predicted molar refractivity (Wildman–Crippen MR) is 89.0 cm³/mol. The van der Waals surface area contributed by atoms with Crippen LogP contribution in [0.3, 0.4) is 0 Å². The third-order valence-electron chi connectivity index (χ3n) is 4.44. The molecule has 1 aromatic rings. The van der Waals surface area contributed by atoms with Gasteiger partial charge in [-0.2, -0.15) is 10.4 Å². The molecule has 0 aromatic carbocycles. The van der Waals surface area contributed by atoms with Gasteiger partial charge in [-0.25, -0.2) is 0 Å². The Morgan fingerprint density at radius 3 is 3.00 bits per heavy atom. The van der Waals surface area contributed by atoms with Gasteiger partial charge < -0.3 is 10.6 Å². The monoisotopic (exact) mass is 331 g/mol. The third kappa shape index (κ3) is 4.57. The molecule has 130 valence electrons. The van der Waals surface area contributed by atoms with E-state index in [1.54, 1.807) is 0 Å². The van der Waals surface area contributed by atoms with Crippen LogP contribution in [0.25, 0.3) is 0 Å². The fourth-order valence-electron chi connectivity index (χ4n) is 3.05. The Morgan fingerprint density at radius 2 is 2.25 bits per heavy atom. The van der Waals surface area contributed by atoms with E-state index >= 15 is 0 Å². The molecule has 0 bridgehead atoms. The highest BCUT2D eigenvalue weighted by atomic mass is 16.2. The van der Waals surface area contributed by atoms with E-state index in [9.17, 15) is 9.59 Å². The van der Waals surface area contributed by atoms with Gasteiger partial charge in [0.1, 0.15) is 6.04 Å². The standard InChI is InChI=1S/C17H25N5O2/c1-12-14(13(2)22(21-12)11-5-9-18)7-8-16(23)20-15-6-3-4-10-19-17(15)24/h15H,3-8,10-11H2,1-2H3,(H,19,24)(H,20,23)/t15-/m0/s1. The molecule has 2 N–H and O–H groups in total. The third-order valence-corrected chi connectivity index (χ3v) is 4.44. The lowest BCUT2D eigenvalue weighted by molar-refractivity contribution is -0.128. The number of hydrogen-bond acceptors (Lipinski definition) is 4. The zero-order valence-electron chi connectivity index (χ0n) is 14.4. The average molecular weight is 331 g/mol. The van der Waals surface area contributed by atoms with Crippen LogP contribution >= 0.6 is 0 Å². The number of nitriles is 1. The van der Waals surface area contributed by atoms with Crippen molar-refractivity contribution in [1.29, 1.82) is 5.26 Å². The molecule has 2 heterocycles. The zero-order valence-corrected chi connectivity index (χ0v) is 14.4. The quantitative estimate of drug-likeness (QED) is 0.816. The number of nitrogens with zero attached hydrogens (tertiary/aromatic N) is 3. The molecular formula is C17H25N5O2. The molecule has 2 amide bonds. The van der Waals surface area contributed by atoms with Crippen LogP contribution in [0, 0.1) is 25.2 Å². The molecule has 0 spiro atoms. The van der Waals surface area contributed by atoms with E-state index in [0.29, 0.717) is 38.8 Å². The van der Waals surface area contributed by atoms with Crippen LogP contribution in [-0.2, 0) is 22.6 Å². The molecule has 0 aliphatic carbocycles. The molecule has 7 heteroatoms. The second-order valence-electron chi connectivity index (χ2n) is 6.19. The summed E-state index contributed by atoms with van der Waals surface area (Å²) < 4.78 is 1.82. The minimum atomic E-state index is -0.416. The Balaban J connectivity index is 1.90. The maximum absolute atomic E-state index is 12.2. The van der Waals surface area contributed by atoms with Crippen molar-refractivity contribution in [2.24, 2.45) is 0 Å². The van der Waals surface area contributed by atoms with Crippen LogP contribution in [0.4, 0.5) is 0 Å². The molecule has 1 aliphatic heterocycles. The summed E-state index contributed by atoms with van der Waals surface area (Å²) in [6, 6.07) is 1.70. The smallest absolute Gasteiger partial charge is 0.242 e. The molecule has 0 saturated carbocycles. The van der Waals surface area contributed by atoms with Gasteiger partial charge in [0.05, 0.1) is 24.7 Å². The van der Waals surface area contributed by atoms with Gasteiger partial charge in [-0.1, -0.05) is 0 Å². The highest BCUT2D eigenvalue weighted by Crippen LogP contribution is 2.16. The van der Waals surface area contributed by atoms with Crippen molar-refractivity contribution >= 4 is 11.8 Å². The van der Waals surface area contributed by atoms with Gasteiger partial charge in [-0.3, -0.25) is 14.3 Å². The summed E-state index contributed by atoms with van der Waals surface area (Å²) in [7, 11) is 0. The Bertz CT molecular complexity index is 644. The van der Waals surface area contributed by atoms with Gasteiger partial charge >= 0.3 is 0 Å². The first-order valence-corrected chi connectivity index (χ1v) is 8.50. The van der Waals surface area contributed by atoms with E-state index in [4.69, 9.17) is 5.26 Å². The van der Waals surface area contributed by atoms with Gasteiger partial charge in [-0.05, 0) is 45.1 Å². The molecule has 7 nitrogen and oxygen atoms in total. The minimum Gasteiger partial charge on any atom is -0.354 e. The minimum absolute atomic E-state index is 0.0856. The molecule has 0 radical (unpaired) electrons. The van der Waals surface area contributed by atoms with E-state index in [2.05, 4.69) is 21.8 Å². The SMILES string of the molecule is Cc1nn(CCC#N)c(C)c1CCC(=O)N[C@H]1CCCCNC1=O. The Kier molecular flexibility index (Phi) is 6.36. The fourth-order valence-corrected chi connectivity index (χ4v) is 3.05. The second kappa shape index (κ2) is 8.48. The van der Waals surface area contributed by atoms with Crippen molar-refractivity contribution in [2.45, 2.75) is 65.0 Å². The van der Waals surface area contributed by atoms with Crippen molar-refractivity contribution in [3.63, 3.8) is 0 Å². The van der Waals surface area contributed by atoms with E-state index in [1.165, 1.54) is 0 Å². The molecule has 1 saturated heterocycles. The Morgan fingerprint density at radius 1 is 1.46 bits per heavy atom. The van der Waals surface area contributed by atoms with Crippen LogP contribution in [0.5, 0.6) is 0 Å². The summed E-state index contributed by atoms with van der Waals surface area (Å²) in [6.45, 7) is 5.13. The Labute approximate surface area is 142 Å². The number of aromatic nitrogens is 2. The molecule has 1 atom stereocenters. The van der Waals surface area contributed by atoms with Crippen LogP contribution in [-0.4, -0.2) is 34.2 Å².